The van der Waals surface area contributed by atoms with Gasteiger partial charge in [0.1, 0.15) is 6.10 Å². The van der Waals surface area contributed by atoms with Crippen LogP contribution in [0.25, 0.3) is 0 Å². The van der Waals surface area contributed by atoms with Gasteiger partial charge in [-0.2, -0.15) is 0 Å². The van der Waals surface area contributed by atoms with E-state index in [-0.39, 0.29) is 18.1 Å². The molecule has 1 saturated heterocycles. The lowest BCUT2D eigenvalue weighted by Crippen LogP contribution is -2.29. The van der Waals surface area contributed by atoms with Gasteiger partial charge < -0.3 is 14.8 Å². The molecule has 0 bridgehead atoms. The maximum atomic E-state index is 12.7. The molecule has 0 aromatic heterocycles. The lowest BCUT2D eigenvalue weighted by atomic mass is 9.79. The molecule has 2 saturated carbocycles. The SMILES string of the molecule is CCCCCCCCCCCCCCCCOC(=O)O[C@H]1CN[C@@H](C(c2ccc(C3CCCCC3)cc2)c2ccc(C3CCCCC3)cc2)C1. The Balaban J connectivity index is 1.04. The van der Waals surface area contributed by atoms with E-state index in [0.717, 1.165) is 19.3 Å². The number of rotatable bonds is 21. The Morgan fingerprint density at radius 3 is 1.52 bits per heavy atom. The maximum absolute atomic E-state index is 12.7. The van der Waals surface area contributed by atoms with E-state index >= 15 is 0 Å². The van der Waals surface area contributed by atoms with Gasteiger partial charge in [0.2, 0.25) is 0 Å². The molecule has 50 heavy (non-hydrogen) atoms. The molecule has 1 aliphatic heterocycles. The van der Waals surface area contributed by atoms with Crippen LogP contribution in [0.4, 0.5) is 4.79 Å². The summed E-state index contributed by atoms with van der Waals surface area (Å²) < 4.78 is 11.4. The Morgan fingerprint density at radius 2 is 1.06 bits per heavy atom. The molecule has 1 N–H and O–H groups in total. The zero-order valence-corrected chi connectivity index (χ0v) is 31.8. The normalized spacial score (nSPS) is 20.4. The molecule has 2 aliphatic carbocycles. The Labute approximate surface area is 306 Å². The molecule has 0 spiro atoms. The van der Waals surface area contributed by atoms with Crippen molar-refractivity contribution in [3.63, 3.8) is 0 Å². The molecular formula is C46H71NO3. The van der Waals surface area contributed by atoms with E-state index in [1.807, 2.05) is 0 Å². The number of ether oxygens (including phenoxy) is 2. The van der Waals surface area contributed by atoms with E-state index in [0.29, 0.717) is 25.0 Å². The van der Waals surface area contributed by atoms with Gasteiger partial charge in [-0.25, -0.2) is 4.79 Å². The number of carbonyl (C=O) groups is 1. The van der Waals surface area contributed by atoms with Crippen LogP contribution in [0.2, 0.25) is 0 Å². The van der Waals surface area contributed by atoms with Crippen LogP contribution in [0.15, 0.2) is 48.5 Å². The molecule has 2 aromatic carbocycles. The maximum Gasteiger partial charge on any atom is 0.508 e. The Hall–Kier alpha value is -2.33. The fraction of sp³-hybridized carbons (Fsp3) is 0.717. The van der Waals surface area contributed by atoms with Crippen molar-refractivity contribution < 1.29 is 14.3 Å². The summed E-state index contributed by atoms with van der Waals surface area (Å²) in [5.74, 6) is 1.64. The summed E-state index contributed by atoms with van der Waals surface area (Å²) >= 11 is 0. The van der Waals surface area contributed by atoms with E-state index in [1.165, 1.54) is 164 Å². The highest BCUT2D eigenvalue weighted by atomic mass is 16.7. The average Bonchev–Trinajstić information content (AvgIpc) is 3.62. The summed E-state index contributed by atoms with van der Waals surface area (Å²) in [5.41, 5.74) is 5.71. The smallest absolute Gasteiger partial charge is 0.434 e. The third kappa shape index (κ3) is 13.0. The molecule has 4 nitrogen and oxygen atoms in total. The largest absolute Gasteiger partial charge is 0.508 e. The predicted molar refractivity (Wildman–Crippen MR) is 209 cm³/mol. The first-order valence-electron chi connectivity index (χ1n) is 21.5. The van der Waals surface area contributed by atoms with Crippen molar-refractivity contribution in [1.29, 1.82) is 0 Å². The average molecular weight is 686 g/mol. The number of benzene rings is 2. The molecule has 1 heterocycles. The van der Waals surface area contributed by atoms with Crippen molar-refractivity contribution in [3.05, 3.63) is 70.8 Å². The quantitative estimate of drug-likeness (QED) is 0.105. The van der Waals surface area contributed by atoms with E-state index in [2.05, 4.69) is 60.8 Å². The van der Waals surface area contributed by atoms with Gasteiger partial charge in [0.15, 0.2) is 0 Å². The highest BCUT2D eigenvalue weighted by Gasteiger charge is 2.35. The number of hydrogen-bond acceptors (Lipinski definition) is 4. The van der Waals surface area contributed by atoms with E-state index in [1.54, 1.807) is 0 Å². The first kappa shape index (κ1) is 38.9. The second-order valence-corrected chi connectivity index (χ2v) is 16.2. The second-order valence-electron chi connectivity index (χ2n) is 16.2. The summed E-state index contributed by atoms with van der Waals surface area (Å²) in [6.07, 6.45) is 32.1. The van der Waals surface area contributed by atoms with E-state index in [9.17, 15) is 4.79 Å². The summed E-state index contributed by atoms with van der Waals surface area (Å²) in [4.78, 5) is 12.7. The van der Waals surface area contributed by atoms with Gasteiger partial charge in [0.05, 0.1) is 6.61 Å². The Kier molecular flexibility index (Phi) is 17.6. The standard InChI is InChI=1S/C46H71NO3/c1-2-3-4-5-6-7-8-9-10-11-12-13-14-21-34-49-46(48)50-43-35-44(47-36-43)45(41-30-26-39(27-31-41)37-22-17-15-18-23-37)42-32-28-40(29-33-42)38-24-19-16-20-25-38/h26-33,37-38,43-45,47H,2-25,34-36H2,1H3/t43-,44-/m1/s1. The molecule has 2 atom stereocenters. The molecule has 0 radical (unpaired) electrons. The third-order valence-corrected chi connectivity index (χ3v) is 12.3. The van der Waals surface area contributed by atoms with Gasteiger partial charge in [-0.1, -0.05) is 177 Å². The van der Waals surface area contributed by atoms with Gasteiger partial charge in [-0.15, -0.1) is 0 Å². The van der Waals surface area contributed by atoms with E-state index < -0.39 is 6.16 Å². The van der Waals surface area contributed by atoms with Crippen molar-refractivity contribution in [2.75, 3.05) is 13.2 Å². The molecule has 3 fully saturated rings. The Morgan fingerprint density at radius 1 is 0.620 bits per heavy atom. The first-order chi connectivity index (χ1) is 24.7. The number of hydrogen-bond donors (Lipinski definition) is 1. The van der Waals surface area contributed by atoms with Crippen LogP contribution in [0, 0.1) is 0 Å². The van der Waals surface area contributed by atoms with Crippen molar-refractivity contribution in [2.24, 2.45) is 0 Å². The lowest BCUT2D eigenvalue weighted by Gasteiger charge is -2.27. The minimum absolute atomic E-state index is 0.158. The van der Waals surface area contributed by atoms with Gasteiger partial charge >= 0.3 is 6.16 Å². The Bertz CT molecular complexity index is 1120. The predicted octanol–water partition coefficient (Wildman–Crippen LogP) is 13.3. The van der Waals surface area contributed by atoms with Gasteiger partial charge in [0.25, 0.3) is 0 Å². The topological polar surface area (TPSA) is 47.6 Å². The summed E-state index contributed by atoms with van der Waals surface area (Å²) in [6, 6.07) is 19.3. The molecule has 0 unspecified atom stereocenters. The van der Waals surface area contributed by atoms with Crippen LogP contribution in [-0.4, -0.2) is 31.5 Å². The van der Waals surface area contributed by atoms with Gasteiger partial charge in [-0.05, 0) is 66.2 Å². The number of unbranched alkanes of at least 4 members (excludes halogenated alkanes) is 13. The lowest BCUT2D eigenvalue weighted by molar-refractivity contribution is 0.0279. The monoisotopic (exact) mass is 686 g/mol. The van der Waals surface area contributed by atoms with Crippen LogP contribution in [0.1, 0.15) is 207 Å². The molecule has 2 aromatic rings. The number of carbonyl (C=O) groups excluding carboxylic acids is 1. The third-order valence-electron chi connectivity index (χ3n) is 12.3. The van der Waals surface area contributed by atoms with Crippen LogP contribution in [-0.2, 0) is 9.47 Å². The molecule has 3 aliphatic rings. The molecule has 278 valence electrons. The summed E-state index contributed by atoms with van der Waals surface area (Å²) in [5, 5.41) is 3.75. The summed E-state index contributed by atoms with van der Waals surface area (Å²) in [6.45, 7) is 3.42. The van der Waals surface area contributed by atoms with Crippen LogP contribution < -0.4 is 5.32 Å². The second kappa shape index (κ2) is 22.6. The van der Waals surface area contributed by atoms with Crippen molar-refractivity contribution >= 4 is 6.16 Å². The fourth-order valence-corrected chi connectivity index (χ4v) is 9.18. The molecule has 0 amide bonds. The molecular weight excluding hydrogens is 615 g/mol. The van der Waals surface area contributed by atoms with Gasteiger partial charge in [-0.3, -0.25) is 0 Å². The first-order valence-corrected chi connectivity index (χ1v) is 21.5. The van der Waals surface area contributed by atoms with E-state index in [4.69, 9.17) is 9.47 Å². The summed E-state index contributed by atoms with van der Waals surface area (Å²) in [7, 11) is 0. The molecule has 5 rings (SSSR count). The van der Waals surface area contributed by atoms with Crippen molar-refractivity contribution in [1.82, 2.24) is 5.32 Å². The minimum Gasteiger partial charge on any atom is -0.434 e. The number of nitrogens with one attached hydrogen (secondary N) is 1. The molecule has 4 heteroatoms. The van der Waals surface area contributed by atoms with Crippen molar-refractivity contribution in [3.8, 4) is 0 Å². The van der Waals surface area contributed by atoms with Crippen LogP contribution in [0.5, 0.6) is 0 Å². The van der Waals surface area contributed by atoms with Gasteiger partial charge in [0, 0.05) is 24.9 Å². The zero-order valence-electron chi connectivity index (χ0n) is 31.8. The van der Waals surface area contributed by atoms with Crippen LogP contribution in [0.3, 0.4) is 0 Å². The van der Waals surface area contributed by atoms with Crippen LogP contribution >= 0.6 is 0 Å². The van der Waals surface area contributed by atoms with Crippen molar-refractivity contribution in [2.45, 2.75) is 197 Å². The highest BCUT2D eigenvalue weighted by molar-refractivity contribution is 5.60. The highest BCUT2D eigenvalue weighted by Crippen LogP contribution is 2.38. The minimum atomic E-state index is -0.502. The zero-order chi connectivity index (χ0) is 34.6. The fourth-order valence-electron chi connectivity index (χ4n) is 9.18.